The lowest BCUT2D eigenvalue weighted by molar-refractivity contribution is 0.395. The summed E-state index contributed by atoms with van der Waals surface area (Å²) >= 11 is 2.31. The summed E-state index contributed by atoms with van der Waals surface area (Å²) in [6.45, 7) is 0. The van der Waals surface area contributed by atoms with E-state index in [1.165, 1.54) is 9.13 Å². The molecule has 0 spiro atoms. The number of halogens is 1. The molecule has 0 amide bonds. The third kappa shape index (κ3) is 3.24. The molecule has 106 valence electrons. The summed E-state index contributed by atoms with van der Waals surface area (Å²) in [4.78, 5) is 0. The van der Waals surface area contributed by atoms with Gasteiger partial charge in [0.25, 0.3) is 0 Å². The molecule has 0 fully saturated rings. The van der Waals surface area contributed by atoms with Gasteiger partial charge >= 0.3 is 0 Å². The van der Waals surface area contributed by atoms with Crippen LogP contribution in [0.1, 0.15) is 17.2 Å². The van der Waals surface area contributed by atoms with Crippen LogP contribution in [0.5, 0.6) is 11.5 Å². The van der Waals surface area contributed by atoms with Crippen molar-refractivity contribution >= 4 is 22.6 Å². The molecular formula is C16H18INO2. The average molecular weight is 383 g/mol. The van der Waals surface area contributed by atoms with Gasteiger partial charge in [-0.1, -0.05) is 12.1 Å². The number of rotatable bonds is 5. The van der Waals surface area contributed by atoms with E-state index in [0.29, 0.717) is 0 Å². The lowest BCUT2D eigenvalue weighted by atomic mass is 9.98. The van der Waals surface area contributed by atoms with Crippen LogP contribution in [0, 0.1) is 3.57 Å². The lowest BCUT2D eigenvalue weighted by Gasteiger charge is -2.20. The zero-order valence-electron chi connectivity index (χ0n) is 11.8. The van der Waals surface area contributed by atoms with Gasteiger partial charge in [0.05, 0.1) is 20.3 Å². The Morgan fingerprint density at radius 2 is 1.70 bits per heavy atom. The van der Waals surface area contributed by atoms with Gasteiger partial charge in [0.15, 0.2) is 0 Å². The summed E-state index contributed by atoms with van der Waals surface area (Å²) in [7, 11) is 5.30. The van der Waals surface area contributed by atoms with Gasteiger partial charge in [-0.25, -0.2) is 0 Å². The minimum atomic E-state index is 0.0667. The first-order valence-electron chi connectivity index (χ1n) is 6.34. The van der Waals surface area contributed by atoms with Crippen molar-refractivity contribution in [2.75, 3.05) is 21.3 Å². The van der Waals surface area contributed by atoms with Crippen LogP contribution in [0.25, 0.3) is 0 Å². The van der Waals surface area contributed by atoms with Crippen molar-refractivity contribution < 1.29 is 9.47 Å². The van der Waals surface area contributed by atoms with Crippen LogP contribution in [0.3, 0.4) is 0 Å². The molecule has 2 aromatic rings. The average Bonchev–Trinajstić information content (AvgIpc) is 2.49. The number of ether oxygens (including phenoxy) is 2. The number of benzene rings is 2. The minimum absolute atomic E-state index is 0.0667. The first kappa shape index (κ1) is 15.1. The largest absolute Gasteiger partial charge is 0.497 e. The maximum atomic E-state index is 5.48. The fraction of sp³-hybridized carbons (Fsp3) is 0.250. The summed E-state index contributed by atoms with van der Waals surface area (Å²) in [5.41, 5.74) is 2.26. The highest BCUT2D eigenvalue weighted by Crippen LogP contribution is 2.33. The van der Waals surface area contributed by atoms with E-state index in [4.69, 9.17) is 9.47 Å². The molecule has 2 rings (SSSR count). The Morgan fingerprint density at radius 3 is 2.25 bits per heavy atom. The van der Waals surface area contributed by atoms with E-state index in [-0.39, 0.29) is 6.04 Å². The van der Waals surface area contributed by atoms with Crippen LogP contribution in [-0.4, -0.2) is 21.3 Å². The maximum absolute atomic E-state index is 5.48. The normalized spacial score (nSPS) is 12.0. The Hall–Kier alpha value is -1.27. The molecule has 0 heterocycles. The van der Waals surface area contributed by atoms with Crippen molar-refractivity contribution in [2.24, 2.45) is 0 Å². The molecule has 1 N–H and O–H groups in total. The van der Waals surface area contributed by atoms with Crippen molar-refractivity contribution in [3.05, 3.63) is 57.2 Å². The van der Waals surface area contributed by atoms with Crippen molar-refractivity contribution in [3.8, 4) is 11.5 Å². The van der Waals surface area contributed by atoms with Crippen molar-refractivity contribution in [1.82, 2.24) is 5.32 Å². The third-order valence-corrected chi connectivity index (χ3v) is 3.96. The summed E-state index contributed by atoms with van der Waals surface area (Å²) < 4.78 is 12.0. The molecule has 0 aliphatic rings. The summed E-state index contributed by atoms with van der Waals surface area (Å²) in [6, 6.07) is 14.4. The molecule has 4 heteroatoms. The second-order valence-corrected chi connectivity index (χ2v) is 5.63. The van der Waals surface area contributed by atoms with Gasteiger partial charge in [-0.05, 0) is 65.5 Å². The topological polar surface area (TPSA) is 30.5 Å². The fourth-order valence-corrected chi connectivity index (χ4v) is 2.58. The Kier molecular flexibility index (Phi) is 5.25. The van der Waals surface area contributed by atoms with Crippen LogP contribution < -0.4 is 14.8 Å². The molecule has 0 radical (unpaired) electrons. The summed E-state index contributed by atoms with van der Waals surface area (Å²) in [6.07, 6.45) is 0. The highest BCUT2D eigenvalue weighted by atomic mass is 127. The smallest absolute Gasteiger partial charge is 0.124 e. The Bertz CT molecular complexity index is 569. The van der Waals surface area contributed by atoms with E-state index in [1.54, 1.807) is 14.2 Å². The van der Waals surface area contributed by atoms with Gasteiger partial charge in [-0.2, -0.15) is 0 Å². The van der Waals surface area contributed by atoms with E-state index in [2.05, 4.69) is 52.2 Å². The Balaban J connectivity index is 2.47. The van der Waals surface area contributed by atoms with Crippen LogP contribution in [0.2, 0.25) is 0 Å². The molecule has 0 saturated carbocycles. The summed E-state index contributed by atoms with van der Waals surface area (Å²) in [5.74, 6) is 1.68. The van der Waals surface area contributed by atoms with E-state index in [9.17, 15) is 0 Å². The fourth-order valence-electron chi connectivity index (χ4n) is 2.22. The molecule has 3 nitrogen and oxygen atoms in total. The van der Waals surface area contributed by atoms with E-state index >= 15 is 0 Å². The quantitative estimate of drug-likeness (QED) is 0.801. The molecule has 0 saturated heterocycles. The predicted octanol–water partition coefficient (Wildman–Crippen LogP) is 3.62. The number of hydrogen-bond acceptors (Lipinski definition) is 3. The molecule has 0 bridgehead atoms. The Morgan fingerprint density at radius 1 is 1.00 bits per heavy atom. The zero-order chi connectivity index (χ0) is 14.5. The van der Waals surface area contributed by atoms with Crippen molar-refractivity contribution in [3.63, 3.8) is 0 Å². The van der Waals surface area contributed by atoms with E-state index in [1.807, 2.05) is 25.2 Å². The molecular weight excluding hydrogens is 365 g/mol. The second-order valence-electron chi connectivity index (χ2n) is 4.38. The van der Waals surface area contributed by atoms with Gasteiger partial charge in [0.1, 0.15) is 11.5 Å². The molecule has 0 aromatic heterocycles. The first-order chi connectivity index (χ1) is 9.69. The van der Waals surface area contributed by atoms with Crippen molar-refractivity contribution in [2.45, 2.75) is 6.04 Å². The first-order valence-corrected chi connectivity index (χ1v) is 7.42. The predicted molar refractivity (Wildman–Crippen MR) is 89.6 cm³/mol. The maximum Gasteiger partial charge on any atom is 0.124 e. The van der Waals surface area contributed by atoms with Gasteiger partial charge in [-0.15, -0.1) is 0 Å². The standard InChI is InChI=1S/C16H18INO2/c1-18-16(11-4-6-12(17)7-5-11)14-10-13(19-2)8-9-15(14)20-3/h4-10,16,18H,1-3H3. The lowest BCUT2D eigenvalue weighted by Crippen LogP contribution is -2.18. The summed E-state index contributed by atoms with van der Waals surface area (Å²) in [5, 5.41) is 3.34. The zero-order valence-corrected chi connectivity index (χ0v) is 14.0. The minimum Gasteiger partial charge on any atom is -0.497 e. The third-order valence-electron chi connectivity index (χ3n) is 3.24. The van der Waals surface area contributed by atoms with Crippen LogP contribution in [-0.2, 0) is 0 Å². The number of methoxy groups -OCH3 is 2. The highest BCUT2D eigenvalue weighted by Gasteiger charge is 2.17. The van der Waals surface area contributed by atoms with Crippen LogP contribution in [0.15, 0.2) is 42.5 Å². The number of nitrogens with one attached hydrogen (secondary N) is 1. The van der Waals surface area contributed by atoms with Crippen molar-refractivity contribution in [1.29, 1.82) is 0 Å². The molecule has 1 atom stereocenters. The van der Waals surface area contributed by atoms with Gasteiger partial charge in [0, 0.05) is 9.13 Å². The molecule has 2 aromatic carbocycles. The second kappa shape index (κ2) is 6.95. The number of hydrogen-bond donors (Lipinski definition) is 1. The highest BCUT2D eigenvalue weighted by molar-refractivity contribution is 14.1. The SMILES string of the molecule is CNC(c1ccc(I)cc1)c1cc(OC)ccc1OC. The van der Waals surface area contributed by atoms with Crippen LogP contribution >= 0.6 is 22.6 Å². The van der Waals surface area contributed by atoms with Gasteiger partial charge in [0.2, 0.25) is 0 Å². The van der Waals surface area contributed by atoms with Gasteiger partial charge in [-0.3, -0.25) is 0 Å². The molecule has 0 aliphatic heterocycles. The molecule has 20 heavy (non-hydrogen) atoms. The molecule has 1 unspecified atom stereocenters. The van der Waals surface area contributed by atoms with E-state index in [0.717, 1.165) is 17.1 Å². The molecule has 0 aliphatic carbocycles. The van der Waals surface area contributed by atoms with Gasteiger partial charge < -0.3 is 14.8 Å². The Labute approximate surface area is 133 Å². The van der Waals surface area contributed by atoms with Crippen LogP contribution in [0.4, 0.5) is 0 Å². The monoisotopic (exact) mass is 383 g/mol. The van der Waals surface area contributed by atoms with E-state index < -0.39 is 0 Å².